The molecule has 3 rings (SSSR count). The summed E-state index contributed by atoms with van der Waals surface area (Å²) < 4.78 is 0. The van der Waals surface area contributed by atoms with Crippen molar-refractivity contribution in [3.8, 4) is 0 Å². The monoisotopic (exact) mass is 254 g/mol. The van der Waals surface area contributed by atoms with Crippen LogP contribution >= 0.6 is 0 Å². The van der Waals surface area contributed by atoms with Crippen LogP contribution < -0.4 is 5.73 Å². The molecule has 0 bridgehead atoms. The minimum Gasteiger partial charge on any atom is -0.330 e. The highest BCUT2D eigenvalue weighted by molar-refractivity contribution is 5.79. The Morgan fingerprint density at radius 1 is 1.26 bits per heavy atom. The lowest BCUT2D eigenvalue weighted by molar-refractivity contribution is 0.254. The zero-order valence-corrected chi connectivity index (χ0v) is 11.5. The summed E-state index contributed by atoms with van der Waals surface area (Å²) in [4.78, 5) is 4.40. The second kappa shape index (κ2) is 5.30. The molecule has 1 aliphatic rings. The third-order valence-electron chi connectivity index (χ3n) is 4.61. The lowest BCUT2D eigenvalue weighted by atomic mass is 9.71. The predicted molar refractivity (Wildman–Crippen MR) is 80.0 cm³/mol. The van der Waals surface area contributed by atoms with Crippen LogP contribution in [0.1, 0.15) is 37.7 Å². The number of pyridine rings is 1. The average molecular weight is 254 g/mol. The van der Waals surface area contributed by atoms with Crippen LogP contribution in [0.5, 0.6) is 0 Å². The van der Waals surface area contributed by atoms with Crippen molar-refractivity contribution in [3.05, 3.63) is 42.1 Å². The molecule has 1 heterocycles. The molecule has 1 aliphatic carbocycles. The first-order valence-corrected chi connectivity index (χ1v) is 7.32. The number of fused-ring (bicyclic) bond motifs is 1. The van der Waals surface area contributed by atoms with Gasteiger partial charge in [-0.25, -0.2) is 0 Å². The van der Waals surface area contributed by atoms with Gasteiger partial charge in [-0.2, -0.15) is 0 Å². The van der Waals surface area contributed by atoms with Gasteiger partial charge in [0.1, 0.15) is 0 Å². The fraction of sp³-hybridized carbons (Fsp3) is 0.471. The zero-order valence-electron chi connectivity index (χ0n) is 11.5. The summed E-state index contributed by atoms with van der Waals surface area (Å²) in [6.45, 7) is 3.17. The molecule has 1 saturated carbocycles. The van der Waals surface area contributed by atoms with Crippen LogP contribution in [0.15, 0.2) is 36.5 Å². The molecule has 1 aromatic carbocycles. The third kappa shape index (κ3) is 2.50. The Hall–Kier alpha value is -1.41. The lowest BCUT2D eigenvalue weighted by Crippen LogP contribution is -2.28. The highest BCUT2D eigenvalue weighted by Gasteiger charge is 2.28. The number of rotatable bonds is 2. The highest BCUT2D eigenvalue weighted by atomic mass is 14.6. The Labute approximate surface area is 115 Å². The van der Waals surface area contributed by atoms with Crippen LogP contribution in [0.25, 0.3) is 10.9 Å². The zero-order chi connectivity index (χ0) is 13.2. The molecule has 0 amide bonds. The van der Waals surface area contributed by atoms with Crippen molar-refractivity contribution in [2.45, 2.75) is 32.1 Å². The van der Waals surface area contributed by atoms with E-state index in [0.29, 0.717) is 11.8 Å². The minimum atomic E-state index is 0.623. The van der Waals surface area contributed by atoms with Crippen LogP contribution in [0.4, 0.5) is 0 Å². The number of benzene rings is 1. The molecule has 2 heteroatoms. The second-order valence-corrected chi connectivity index (χ2v) is 5.98. The Morgan fingerprint density at radius 2 is 2.16 bits per heavy atom. The summed E-state index contributed by atoms with van der Waals surface area (Å²) in [5, 5.41) is 1.24. The second-order valence-electron chi connectivity index (χ2n) is 5.98. The molecule has 0 radical (unpaired) electrons. The first-order chi connectivity index (χ1) is 9.28. The van der Waals surface area contributed by atoms with Crippen molar-refractivity contribution in [3.63, 3.8) is 0 Å². The maximum atomic E-state index is 5.98. The molecular formula is C17H22N2. The third-order valence-corrected chi connectivity index (χ3v) is 4.61. The van der Waals surface area contributed by atoms with Gasteiger partial charge < -0.3 is 5.73 Å². The molecule has 1 fully saturated rings. The minimum absolute atomic E-state index is 0.623. The summed E-state index contributed by atoms with van der Waals surface area (Å²) in [5.41, 5.74) is 8.51. The van der Waals surface area contributed by atoms with Crippen LogP contribution in [0.2, 0.25) is 0 Å². The van der Waals surface area contributed by atoms with Gasteiger partial charge in [-0.15, -0.1) is 0 Å². The summed E-state index contributed by atoms with van der Waals surface area (Å²) in [7, 11) is 0. The molecule has 3 unspecified atom stereocenters. The van der Waals surface area contributed by atoms with E-state index in [2.05, 4.69) is 36.2 Å². The number of nitrogens with two attached hydrogens (primary N) is 1. The topological polar surface area (TPSA) is 38.9 Å². The Morgan fingerprint density at radius 3 is 3.00 bits per heavy atom. The van der Waals surface area contributed by atoms with Crippen LogP contribution in [-0.4, -0.2) is 11.5 Å². The maximum Gasteiger partial charge on any atom is 0.0702 e. The molecule has 2 aromatic rings. The van der Waals surface area contributed by atoms with Gasteiger partial charge in [-0.05, 0) is 60.9 Å². The van der Waals surface area contributed by atoms with Gasteiger partial charge in [0, 0.05) is 11.6 Å². The molecule has 0 saturated heterocycles. The highest BCUT2D eigenvalue weighted by Crippen LogP contribution is 2.40. The van der Waals surface area contributed by atoms with Gasteiger partial charge in [0.05, 0.1) is 5.52 Å². The number of nitrogens with zero attached hydrogens (tertiary/aromatic N) is 1. The Balaban J connectivity index is 1.97. The quantitative estimate of drug-likeness (QED) is 0.887. The molecule has 19 heavy (non-hydrogen) atoms. The Kier molecular flexibility index (Phi) is 3.52. The lowest BCUT2D eigenvalue weighted by Gasteiger charge is -2.34. The van der Waals surface area contributed by atoms with E-state index in [-0.39, 0.29) is 0 Å². The van der Waals surface area contributed by atoms with E-state index in [0.717, 1.165) is 18.0 Å². The van der Waals surface area contributed by atoms with E-state index < -0.39 is 0 Å². The van der Waals surface area contributed by atoms with Gasteiger partial charge in [0.2, 0.25) is 0 Å². The van der Waals surface area contributed by atoms with Crippen molar-refractivity contribution in [1.29, 1.82) is 0 Å². The average Bonchev–Trinajstić information content (AvgIpc) is 2.46. The maximum absolute atomic E-state index is 5.98. The molecule has 2 N–H and O–H groups in total. The summed E-state index contributed by atoms with van der Waals surface area (Å²) >= 11 is 0. The largest absolute Gasteiger partial charge is 0.330 e. The van der Waals surface area contributed by atoms with E-state index in [4.69, 9.17) is 5.73 Å². The molecule has 1 aromatic heterocycles. The summed E-state index contributed by atoms with van der Waals surface area (Å²) in [6, 6.07) is 10.9. The van der Waals surface area contributed by atoms with Crippen molar-refractivity contribution in [2.24, 2.45) is 17.6 Å². The van der Waals surface area contributed by atoms with E-state index in [1.807, 2.05) is 12.3 Å². The normalized spacial score (nSPS) is 27.6. The molecule has 0 spiro atoms. The first-order valence-electron chi connectivity index (χ1n) is 7.32. The number of hydrogen-bond donors (Lipinski definition) is 1. The van der Waals surface area contributed by atoms with Gasteiger partial charge in [-0.3, -0.25) is 4.98 Å². The molecule has 3 atom stereocenters. The SMILES string of the molecule is CC1CCC(CN)C(c2ccc3ncccc3c2)C1. The van der Waals surface area contributed by atoms with Crippen LogP contribution in [0.3, 0.4) is 0 Å². The summed E-state index contributed by atoms with van der Waals surface area (Å²) in [6.07, 6.45) is 5.72. The molecule has 2 nitrogen and oxygen atoms in total. The smallest absolute Gasteiger partial charge is 0.0702 e. The van der Waals surface area contributed by atoms with E-state index in [1.165, 1.54) is 30.2 Å². The first kappa shape index (κ1) is 12.6. The van der Waals surface area contributed by atoms with E-state index in [1.54, 1.807) is 0 Å². The van der Waals surface area contributed by atoms with Gasteiger partial charge in [0.15, 0.2) is 0 Å². The van der Waals surface area contributed by atoms with Gasteiger partial charge in [0.25, 0.3) is 0 Å². The van der Waals surface area contributed by atoms with Gasteiger partial charge >= 0.3 is 0 Å². The molecule has 100 valence electrons. The standard InChI is InChI=1S/C17H22N2/c1-12-4-5-15(11-18)16(9-12)13-6-7-17-14(10-13)3-2-8-19-17/h2-3,6-8,10,12,15-16H,4-5,9,11,18H2,1H3. The van der Waals surface area contributed by atoms with Crippen molar-refractivity contribution < 1.29 is 0 Å². The van der Waals surface area contributed by atoms with Crippen LogP contribution in [-0.2, 0) is 0 Å². The van der Waals surface area contributed by atoms with E-state index in [9.17, 15) is 0 Å². The Bertz CT molecular complexity index is 564. The number of aromatic nitrogens is 1. The van der Waals surface area contributed by atoms with Crippen molar-refractivity contribution >= 4 is 10.9 Å². The predicted octanol–water partition coefficient (Wildman–Crippen LogP) is 3.71. The van der Waals surface area contributed by atoms with Gasteiger partial charge in [-0.1, -0.05) is 25.5 Å². The van der Waals surface area contributed by atoms with Crippen LogP contribution in [0, 0.1) is 11.8 Å². The van der Waals surface area contributed by atoms with E-state index >= 15 is 0 Å². The number of hydrogen-bond acceptors (Lipinski definition) is 2. The van der Waals surface area contributed by atoms with Crippen molar-refractivity contribution in [2.75, 3.05) is 6.54 Å². The molecular weight excluding hydrogens is 232 g/mol. The summed E-state index contributed by atoms with van der Waals surface area (Å²) in [5.74, 6) is 2.08. The van der Waals surface area contributed by atoms with Crippen molar-refractivity contribution in [1.82, 2.24) is 4.98 Å². The fourth-order valence-corrected chi connectivity index (χ4v) is 3.46. The molecule has 0 aliphatic heterocycles. The fourth-order valence-electron chi connectivity index (χ4n) is 3.46.